The van der Waals surface area contributed by atoms with Gasteiger partial charge >= 0.3 is 0 Å². The summed E-state index contributed by atoms with van der Waals surface area (Å²) in [6.45, 7) is 3.32. The molecule has 1 unspecified atom stereocenters. The molecule has 3 nitrogen and oxygen atoms in total. The minimum Gasteiger partial charge on any atom is -0.383 e. The van der Waals surface area contributed by atoms with Crippen LogP contribution in [0.25, 0.3) is 0 Å². The van der Waals surface area contributed by atoms with E-state index in [4.69, 9.17) is 4.74 Å². The van der Waals surface area contributed by atoms with Gasteiger partial charge in [0.1, 0.15) is 10.8 Å². The largest absolute Gasteiger partial charge is 0.383 e. The van der Waals surface area contributed by atoms with Crippen molar-refractivity contribution >= 4 is 11.3 Å². The van der Waals surface area contributed by atoms with E-state index in [1.54, 1.807) is 30.6 Å². The minimum absolute atomic E-state index is 0.0190. The average Bonchev–Trinajstić information content (AvgIpc) is 2.83. The summed E-state index contributed by atoms with van der Waals surface area (Å²) in [6, 6.07) is 6.50. The molecule has 0 fully saturated rings. The molecule has 0 spiro atoms. The first-order valence-electron chi connectivity index (χ1n) is 6.10. The highest BCUT2D eigenvalue weighted by atomic mass is 32.1. The second-order valence-corrected chi connectivity index (χ2v) is 5.15. The van der Waals surface area contributed by atoms with E-state index in [1.165, 1.54) is 12.1 Å². The van der Waals surface area contributed by atoms with Crippen molar-refractivity contribution in [3.05, 3.63) is 51.7 Å². The molecule has 102 valence electrons. The van der Waals surface area contributed by atoms with Crippen LogP contribution in [-0.2, 0) is 4.74 Å². The molecule has 1 aromatic heterocycles. The van der Waals surface area contributed by atoms with Crippen LogP contribution in [0.1, 0.15) is 22.3 Å². The first kappa shape index (κ1) is 14.1. The van der Waals surface area contributed by atoms with Crippen LogP contribution in [-0.4, -0.2) is 25.2 Å². The minimum atomic E-state index is -0.227. The summed E-state index contributed by atoms with van der Waals surface area (Å²) in [4.78, 5) is 4.51. The number of thiazole rings is 1. The molecule has 0 bridgehead atoms. The van der Waals surface area contributed by atoms with Crippen LogP contribution in [0.2, 0.25) is 0 Å². The zero-order chi connectivity index (χ0) is 13.7. The number of nitrogens with zero attached hydrogens (tertiary/aromatic N) is 1. The van der Waals surface area contributed by atoms with Crippen molar-refractivity contribution in [2.24, 2.45) is 0 Å². The SMILES string of the molecule is COCCNC(c1ccc(F)cc1)c1nc(C)cs1. The van der Waals surface area contributed by atoms with E-state index < -0.39 is 0 Å². The van der Waals surface area contributed by atoms with Crippen LogP contribution in [0.5, 0.6) is 0 Å². The van der Waals surface area contributed by atoms with Crippen molar-refractivity contribution in [1.82, 2.24) is 10.3 Å². The molecule has 0 aliphatic carbocycles. The lowest BCUT2D eigenvalue weighted by molar-refractivity contribution is 0.197. The zero-order valence-corrected chi connectivity index (χ0v) is 11.8. The van der Waals surface area contributed by atoms with Gasteiger partial charge in [-0.3, -0.25) is 0 Å². The Morgan fingerprint density at radius 1 is 1.37 bits per heavy atom. The lowest BCUT2D eigenvalue weighted by Crippen LogP contribution is -2.26. The summed E-state index contributed by atoms with van der Waals surface area (Å²) in [6.07, 6.45) is 0. The van der Waals surface area contributed by atoms with Gasteiger partial charge in [0, 0.05) is 24.7 Å². The standard InChI is InChI=1S/C14H17FN2OS/c1-10-9-19-14(17-10)13(16-7-8-18-2)11-3-5-12(15)6-4-11/h3-6,9,13,16H,7-8H2,1-2H3. The molecule has 1 atom stereocenters. The van der Waals surface area contributed by atoms with Gasteiger partial charge in [-0.15, -0.1) is 11.3 Å². The molecule has 0 saturated carbocycles. The Labute approximate surface area is 116 Å². The maximum absolute atomic E-state index is 13.0. The predicted octanol–water partition coefficient (Wildman–Crippen LogP) is 2.92. The first-order chi connectivity index (χ1) is 9.20. The number of rotatable bonds is 6. The van der Waals surface area contributed by atoms with Crippen molar-refractivity contribution < 1.29 is 9.13 Å². The van der Waals surface area contributed by atoms with Crippen molar-refractivity contribution in [3.8, 4) is 0 Å². The zero-order valence-electron chi connectivity index (χ0n) is 11.0. The summed E-state index contributed by atoms with van der Waals surface area (Å²) in [5, 5.41) is 6.39. The van der Waals surface area contributed by atoms with E-state index >= 15 is 0 Å². The number of benzene rings is 1. The molecule has 19 heavy (non-hydrogen) atoms. The van der Waals surface area contributed by atoms with Crippen LogP contribution >= 0.6 is 11.3 Å². The Morgan fingerprint density at radius 3 is 2.68 bits per heavy atom. The third kappa shape index (κ3) is 3.83. The highest BCUT2D eigenvalue weighted by molar-refractivity contribution is 7.09. The average molecular weight is 280 g/mol. The van der Waals surface area contributed by atoms with Gasteiger partial charge in [-0.25, -0.2) is 9.37 Å². The van der Waals surface area contributed by atoms with Crippen LogP contribution in [0.4, 0.5) is 4.39 Å². The second-order valence-electron chi connectivity index (χ2n) is 4.26. The van der Waals surface area contributed by atoms with Gasteiger partial charge in [0.25, 0.3) is 0 Å². The number of methoxy groups -OCH3 is 1. The van der Waals surface area contributed by atoms with Crippen molar-refractivity contribution in [2.45, 2.75) is 13.0 Å². The lowest BCUT2D eigenvalue weighted by atomic mass is 10.1. The number of hydrogen-bond donors (Lipinski definition) is 1. The third-order valence-electron chi connectivity index (χ3n) is 2.74. The fourth-order valence-electron chi connectivity index (χ4n) is 1.81. The van der Waals surface area contributed by atoms with E-state index in [0.29, 0.717) is 6.61 Å². The monoisotopic (exact) mass is 280 g/mol. The molecular weight excluding hydrogens is 263 g/mol. The number of nitrogens with one attached hydrogen (secondary N) is 1. The molecule has 0 aliphatic rings. The number of aryl methyl sites for hydroxylation is 1. The normalized spacial score (nSPS) is 12.6. The Kier molecular flexibility index (Phi) is 5.01. The maximum atomic E-state index is 13.0. The van der Waals surface area contributed by atoms with E-state index in [1.807, 2.05) is 12.3 Å². The van der Waals surface area contributed by atoms with Gasteiger partial charge < -0.3 is 10.1 Å². The molecule has 0 radical (unpaired) electrons. The van der Waals surface area contributed by atoms with Gasteiger partial charge in [0.15, 0.2) is 0 Å². The van der Waals surface area contributed by atoms with E-state index in [9.17, 15) is 4.39 Å². The second kappa shape index (κ2) is 6.75. The van der Waals surface area contributed by atoms with Gasteiger partial charge in [0.2, 0.25) is 0 Å². The molecule has 2 aromatic rings. The Bertz CT molecular complexity index is 512. The summed E-state index contributed by atoms with van der Waals surface area (Å²) < 4.78 is 18.1. The quantitative estimate of drug-likeness (QED) is 0.826. The van der Waals surface area contributed by atoms with E-state index in [0.717, 1.165) is 22.8 Å². The smallest absolute Gasteiger partial charge is 0.123 e. The Hall–Kier alpha value is -1.30. The fourth-order valence-corrected chi connectivity index (χ4v) is 2.71. The first-order valence-corrected chi connectivity index (χ1v) is 6.98. The van der Waals surface area contributed by atoms with Crippen molar-refractivity contribution in [3.63, 3.8) is 0 Å². The molecule has 2 rings (SSSR count). The van der Waals surface area contributed by atoms with Gasteiger partial charge in [-0.2, -0.15) is 0 Å². The number of aromatic nitrogens is 1. The van der Waals surface area contributed by atoms with Gasteiger partial charge in [0.05, 0.1) is 12.6 Å². The molecule has 0 saturated heterocycles. The Morgan fingerprint density at radius 2 is 2.11 bits per heavy atom. The summed E-state index contributed by atoms with van der Waals surface area (Å²) in [5.41, 5.74) is 2.01. The highest BCUT2D eigenvalue weighted by Crippen LogP contribution is 2.25. The Balaban J connectivity index is 2.20. The van der Waals surface area contributed by atoms with Crippen LogP contribution < -0.4 is 5.32 Å². The topological polar surface area (TPSA) is 34.1 Å². The van der Waals surface area contributed by atoms with Gasteiger partial charge in [-0.05, 0) is 24.6 Å². The van der Waals surface area contributed by atoms with E-state index in [2.05, 4.69) is 10.3 Å². The van der Waals surface area contributed by atoms with Crippen LogP contribution in [0.3, 0.4) is 0 Å². The third-order valence-corrected chi connectivity index (χ3v) is 3.77. The number of ether oxygens (including phenoxy) is 1. The van der Waals surface area contributed by atoms with E-state index in [-0.39, 0.29) is 11.9 Å². The van der Waals surface area contributed by atoms with Crippen LogP contribution in [0, 0.1) is 12.7 Å². The summed E-state index contributed by atoms with van der Waals surface area (Å²) >= 11 is 1.61. The van der Waals surface area contributed by atoms with Crippen molar-refractivity contribution in [2.75, 3.05) is 20.3 Å². The lowest BCUT2D eigenvalue weighted by Gasteiger charge is -2.16. The van der Waals surface area contributed by atoms with Crippen molar-refractivity contribution in [1.29, 1.82) is 0 Å². The predicted molar refractivity (Wildman–Crippen MR) is 75.0 cm³/mol. The number of hydrogen-bond acceptors (Lipinski definition) is 4. The fraction of sp³-hybridized carbons (Fsp3) is 0.357. The molecule has 1 aromatic carbocycles. The summed E-state index contributed by atoms with van der Waals surface area (Å²) in [5.74, 6) is -0.227. The maximum Gasteiger partial charge on any atom is 0.123 e. The van der Waals surface area contributed by atoms with Crippen LogP contribution in [0.15, 0.2) is 29.6 Å². The summed E-state index contributed by atoms with van der Waals surface area (Å²) in [7, 11) is 1.67. The molecule has 1 N–H and O–H groups in total. The highest BCUT2D eigenvalue weighted by Gasteiger charge is 2.16. The molecular formula is C14H17FN2OS. The molecule has 0 amide bonds. The number of halogens is 1. The van der Waals surface area contributed by atoms with Gasteiger partial charge in [-0.1, -0.05) is 12.1 Å². The molecule has 1 heterocycles. The molecule has 5 heteroatoms. The molecule has 0 aliphatic heterocycles.